The molecule has 1 amide bonds. The molecule has 0 saturated heterocycles. The van der Waals surface area contributed by atoms with Gasteiger partial charge >= 0.3 is 5.97 Å². The van der Waals surface area contributed by atoms with Crippen LogP contribution in [0.25, 0.3) is 11.1 Å². The highest BCUT2D eigenvalue weighted by Crippen LogP contribution is 2.51. The Morgan fingerprint density at radius 3 is 2.32 bits per heavy atom. The summed E-state index contributed by atoms with van der Waals surface area (Å²) in [5, 5.41) is 22.8. The van der Waals surface area contributed by atoms with Crippen LogP contribution in [0.15, 0.2) is 36.4 Å². The van der Waals surface area contributed by atoms with Gasteiger partial charge in [-0.3, -0.25) is 4.79 Å². The third kappa shape index (κ3) is 3.57. The SMILES string of the molecule is COc1cc(C2CC(=O)Nc3c2sc(C(=O)O)c3-c2ccc(F)cc2)cc(OC)c1O. The topological polar surface area (TPSA) is 105 Å². The first-order valence-electron chi connectivity index (χ1n) is 9.24. The Kier molecular flexibility index (Phi) is 5.28. The minimum atomic E-state index is -1.15. The zero-order chi connectivity index (χ0) is 22.3. The van der Waals surface area contributed by atoms with E-state index >= 15 is 0 Å². The molecular formula is C22H18FNO6S. The molecule has 9 heteroatoms. The van der Waals surface area contributed by atoms with Crippen LogP contribution in [0.4, 0.5) is 10.1 Å². The minimum Gasteiger partial charge on any atom is -0.502 e. The fourth-order valence-corrected chi connectivity index (χ4v) is 4.96. The van der Waals surface area contributed by atoms with Gasteiger partial charge in [0.2, 0.25) is 11.7 Å². The molecule has 7 nitrogen and oxygen atoms in total. The van der Waals surface area contributed by atoms with Gasteiger partial charge in [0, 0.05) is 22.8 Å². The van der Waals surface area contributed by atoms with Gasteiger partial charge in [-0.05, 0) is 35.4 Å². The number of thiophene rings is 1. The van der Waals surface area contributed by atoms with E-state index in [-0.39, 0.29) is 34.5 Å². The lowest BCUT2D eigenvalue weighted by molar-refractivity contribution is -0.116. The Labute approximate surface area is 180 Å². The quantitative estimate of drug-likeness (QED) is 0.538. The van der Waals surface area contributed by atoms with Crippen molar-refractivity contribution in [1.29, 1.82) is 0 Å². The number of nitrogens with one attached hydrogen (secondary N) is 1. The van der Waals surface area contributed by atoms with Gasteiger partial charge in [0.25, 0.3) is 0 Å². The molecule has 1 atom stereocenters. The highest BCUT2D eigenvalue weighted by atomic mass is 32.1. The maximum atomic E-state index is 13.4. The standard InChI is InChI=1S/C22H18FNO6S/c1-29-14-7-11(8-15(30-2)19(14)26)13-9-16(25)24-18-17(10-3-5-12(23)6-4-10)21(22(27)28)31-20(13)18/h3-8,13,26H,9H2,1-2H3,(H,24,25)(H,27,28). The van der Waals surface area contributed by atoms with Gasteiger partial charge in [-0.25, -0.2) is 9.18 Å². The average molecular weight is 443 g/mol. The number of aromatic hydroxyl groups is 1. The van der Waals surface area contributed by atoms with E-state index in [4.69, 9.17) is 9.47 Å². The summed E-state index contributed by atoms with van der Waals surface area (Å²) in [7, 11) is 2.80. The first-order valence-corrected chi connectivity index (χ1v) is 10.1. The Morgan fingerprint density at radius 2 is 1.77 bits per heavy atom. The van der Waals surface area contributed by atoms with Crippen LogP contribution in [0.2, 0.25) is 0 Å². The second-order valence-electron chi connectivity index (χ2n) is 6.94. The van der Waals surface area contributed by atoms with Crippen LogP contribution in [0.1, 0.15) is 32.5 Å². The Morgan fingerprint density at radius 1 is 1.16 bits per heavy atom. The van der Waals surface area contributed by atoms with Crippen molar-refractivity contribution in [2.24, 2.45) is 0 Å². The van der Waals surface area contributed by atoms with Gasteiger partial charge in [0.05, 0.1) is 19.9 Å². The highest BCUT2D eigenvalue weighted by molar-refractivity contribution is 7.15. The lowest BCUT2D eigenvalue weighted by Gasteiger charge is -2.25. The van der Waals surface area contributed by atoms with Gasteiger partial charge in [-0.15, -0.1) is 11.3 Å². The molecule has 3 N–H and O–H groups in total. The minimum absolute atomic E-state index is 0.0431. The number of phenols is 1. The number of anilines is 1. The number of rotatable bonds is 5. The van der Waals surface area contributed by atoms with Gasteiger partial charge in [0.15, 0.2) is 11.5 Å². The highest BCUT2D eigenvalue weighted by Gasteiger charge is 2.35. The zero-order valence-corrected chi connectivity index (χ0v) is 17.4. The van der Waals surface area contributed by atoms with Crippen molar-refractivity contribution in [3.05, 3.63) is 57.5 Å². The van der Waals surface area contributed by atoms with E-state index in [1.165, 1.54) is 38.5 Å². The summed E-state index contributed by atoms with van der Waals surface area (Å²) in [5.41, 5.74) is 1.84. The maximum absolute atomic E-state index is 13.4. The smallest absolute Gasteiger partial charge is 0.346 e. The van der Waals surface area contributed by atoms with Crippen LogP contribution in [0.3, 0.4) is 0 Å². The maximum Gasteiger partial charge on any atom is 0.346 e. The first-order chi connectivity index (χ1) is 14.8. The fourth-order valence-electron chi connectivity index (χ4n) is 3.71. The molecule has 1 aromatic heterocycles. The number of carboxylic acids is 1. The van der Waals surface area contributed by atoms with Crippen LogP contribution in [0, 0.1) is 5.82 Å². The molecular weight excluding hydrogens is 425 g/mol. The number of hydrogen-bond donors (Lipinski definition) is 3. The lowest BCUT2D eigenvalue weighted by atomic mass is 9.88. The third-order valence-electron chi connectivity index (χ3n) is 5.14. The molecule has 1 aliphatic rings. The molecule has 0 spiro atoms. The summed E-state index contributed by atoms with van der Waals surface area (Å²) in [6.45, 7) is 0. The van der Waals surface area contributed by atoms with E-state index in [0.717, 1.165) is 11.3 Å². The monoisotopic (exact) mass is 443 g/mol. The summed E-state index contributed by atoms with van der Waals surface area (Å²) in [6.07, 6.45) is 0.0759. The third-order valence-corrected chi connectivity index (χ3v) is 6.43. The molecule has 0 aliphatic carbocycles. The number of aromatic carboxylic acids is 1. The van der Waals surface area contributed by atoms with Crippen molar-refractivity contribution < 1.29 is 33.7 Å². The molecule has 3 aromatic rings. The molecule has 0 radical (unpaired) electrons. The molecule has 2 aromatic carbocycles. The first kappa shape index (κ1) is 20.7. The second kappa shape index (κ2) is 7.92. The van der Waals surface area contributed by atoms with E-state index in [1.807, 2.05) is 0 Å². The normalized spacial score (nSPS) is 15.2. The van der Waals surface area contributed by atoms with Gasteiger partial charge in [-0.1, -0.05) is 12.1 Å². The van der Waals surface area contributed by atoms with Crippen molar-refractivity contribution in [3.8, 4) is 28.4 Å². The molecule has 160 valence electrons. The van der Waals surface area contributed by atoms with E-state index in [9.17, 15) is 24.2 Å². The summed E-state index contributed by atoms with van der Waals surface area (Å²) in [5.74, 6) is -2.18. The van der Waals surface area contributed by atoms with Gasteiger partial charge in [0.1, 0.15) is 10.7 Å². The number of phenolic OH excluding ortho intramolecular Hbond substituents is 1. The van der Waals surface area contributed by atoms with Crippen LogP contribution in [-0.2, 0) is 4.79 Å². The summed E-state index contributed by atoms with van der Waals surface area (Å²) >= 11 is 1.05. The molecule has 4 rings (SSSR count). The number of ether oxygens (including phenoxy) is 2. The zero-order valence-electron chi connectivity index (χ0n) is 16.6. The number of methoxy groups -OCH3 is 2. The van der Waals surface area contributed by atoms with Gasteiger partial charge < -0.3 is 25.0 Å². The average Bonchev–Trinajstić information content (AvgIpc) is 3.13. The summed E-state index contributed by atoms with van der Waals surface area (Å²) < 4.78 is 23.9. The van der Waals surface area contributed by atoms with Crippen molar-refractivity contribution >= 4 is 28.9 Å². The van der Waals surface area contributed by atoms with Gasteiger partial charge in [-0.2, -0.15) is 0 Å². The van der Waals surface area contributed by atoms with Crippen molar-refractivity contribution in [3.63, 3.8) is 0 Å². The molecule has 0 fully saturated rings. The van der Waals surface area contributed by atoms with E-state index in [0.29, 0.717) is 27.3 Å². The Bertz CT molecular complexity index is 1160. The van der Waals surface area contributed by atoms with Crippen molar-refractivity contribution in [1.82, 2.24) is 0 Å². The molecule has 2 heterocycles. The predicted octanol–water partition coefficient (Wildman–Crippen LogP) is 4.45. The Hall–Kier alpha value is -3.59. The Balaban J connectivity index is 1.94. The second-order valence-corrected chi connectivity index (χ2v) is 7.99. The summed E-state index contributed by atoms with van der Waals surface area (Å²) in [4.78, 5) is 25.3. The van der Waals surface area contributed by atoms with Crippen molar-refractivity contribution in [2.75, 3.05) is 19.5 Å². The fraction of sp³-hybridized carbons (Fsp3) is 0.182. The van der Waals surface area contributed by atoms with Crippen LogP contribution >= 0.6 is 11.3 Å². The largest absolute Gasteiger partial charge is 0.502 e. The number of amides is 1. The van der Waals surface area contributed by atoms with E-state index in [1.54, 1.807) is 12.1 Å². The molecule has 0 saturated carbocycles. The number of benzene rings is 2. The lowest BCUT2D eigenvalue weighted by Crippen LogP contribution is -2.22. The molecule has 1 aliphatic heterocycles. The number of halogens is 1. The van der Waals surface area contributed by atoms with E-state index < -0.39 is 17.7 Å². The van der Waals surface area contributed by atoms with Crippen LogP contribution in [-0.4, -0.2) is 36.3 Å². The van der Waals surface area contributed by atoms with E-state index in [2.05, 4.69) is 5.32 Å². The van der Waals surface area contributed by atoms with Crippen LogP contribution in [0.5, 0.6) is 17.2 Å². The number of fused-ring (bicyclic) bond motifs is 1. The predicted molar refractivity (Wildman–Crippen MR) is 113 cm³/mol. The number of hydrogen-bond acceptors (Lipinski definition) is 6. The van der Waals surface area contributed by atoms with Crippen LogP contribution < -0.4 is 14.8 Å². The summed E-state index contributed by atoms with van der Waals surface area (Å²) in [6, 6.07) is 8.63. The molecule has 1 unspecified atom stereocenters. The molecule has 31 heavy (non-hydrogen) atoms. The number of carbonyl (C=O) groups is 2. The molecule has 0 bridgehead atoms. The van der Waals surface area contributed by atoms with Crippen molar-refractivity contribution in [2.45, 2.75) is 12.3 Å². The number of carbonyl (C=O) groups excluding carboxylic acids is 1. The number of carboxylic acid groups (broad SMARTS) is 1.